The van der Waals surface area contributed by atoms with Gasteiger partial charge in [0.15, 0.2) is 11.3 Å². The van der Waals surface area contributed by atoms with Gasteiger partial charge in [-0.3, -0.25) is 4.79 Å². The van der Waals surface area contributed by atoms with E-state index in [1.807, 2.05) is 13.8 Å². The normalized spacial score (nSPS) is 13.9. The lowest BCUT2D eigenvalue weighted by Crippen LogP contribution is -2.18. The van der Waals surface area contributed by atoms with Crippen LogP contribution in [0.15, 0.2) is 15.3 Å². The highest BCUT2D eigenvalue weighted by Crippen LogP contribution is 2.42. The molecule has 0 saturated heterocycles. The predicted molar refractivity (Wildman–Crippen MR) is 94.2 cm³/mol. The Morgan fingerprint density at radius 2 is 1.96 bits per heavy atom. The largest absolute Gasteiger partial charge is 0.487 e. The molecule has 0 atom stereocenters. The molecule has 0 radical (unpaired) electrons. The molecule has 0 unspecified atom stereocenters. The molecular formula is C18H20ClNO4. The SMILES string of the molecule is CC(=O)Nc1c(OC(C)C)c(Cl)cc2c3c(c(=O)oc12)CCCC3. The number of fused-ring (bicyclic) bond motifs is 3. The molecule has 1 aromatic heterocycles. The van der Waals surface area contributed by atoms with Crippen LogP contribution in [-0.4, -0.2) is 12.0 Å². The van der Waals surface area contributed by atoms with Gasteiger partial charge in [-0.1, -0.05) is 11.6 Å². The first kappa shape index (κ1) is 16.8. The molecular weight excluding hydrogens is 330 g/mol. The van der Waals surface area contributed by atoms with Crippen LogP contribution in [0.25, 0.3) is 11.0 Å². The Hall–Kier alpha value is -2.01. The van der Waals surface area contributed by atoms with Gasteiger partial charge in [-0.2, -0.15) is 0 Å². The van der Waals surface area contributed by atoms with Crippen molar-refractivity contribution in [2.24, 2.45) is 0 Å². The molecule has 1 aromatic carbocycles. The first-order valence-corrected chi connectivity index (χ1v) is 8.51. The highest BCUT2D eigenvalue weighted by Gasteiger charge is 2.24. The Morgan fingerprint density at radius 1 is 1.29 bits per heavy atom. The number of hydrogen-bond donors (Lipinski definition) is 1. The van der Waals surface area contributed by atoms with Gasteiger partial charge in [0.05, 0.1) is 11.1 Å². The zero-order valence-corrected chi connectivity index (χ0v) is 14.8. The minimum absolute atomic E-state index is 0.142. The summed E-state index contributed by atoms with van der Waals surface area (Å²) in [7, 11) is 0. The van der Waals surface area contributed by atoms with Crippen LogP contribution < -0.4 is 15.7 Å². The minimum atomic E-state index is -0.346. The molecule has 1 aliphatic carbocycles. The predicted octanol–water partition coefficient (Wildman–Crippen LogP) is 4.07. The van der Waals surface area contributed by atoms with Gasteiger partial charge in [0, 0.05) is 17.9 Å². The average Bonchev–Trinajstić information content (AvgIpc) is 2.51. The third kappa shape index (κ3) is 3.00. The van der Waals surface area contributed by atoms with Crippen molar-refractivity contribution in [1.29, 1.82) is 0 Å². The standard InChI is InChI=1S/C18H20ClNO4/c1-9(2)23-17-14(19)8-13-11-6-4-5-7-12(11)18(22)24-16(13)15(17)20-10(3)21/h8-9H,4-7H2,1-3H3,(H,20,21). The van der Waals surface area contributed by atoms with Crippen LogP contribution in [0.3, 0.4) is 0 Å². The molecule has 0 bridgehead atoms. The van der Waals surface area contributed by atoms with E-state index in [0.717, 1.165) is 35.8 Å². The molecule has 1 aliphatic rings. The lowest BCUT2D eigenvalue weighted by Gasteiger charge is -2.21. The summed E-state index contributed by atoms with van der Waals surface area (Å²) in [5.41, 5.74) is 2.00. The van der Waals surface area contributed by atoms with Crippen molar-refractivity contribution in [2.45, 2.75) is 52.6 Å². The van der Waals surface area contributed by atoms with Crippen molar-refractivity contribution in [2.75, 3.05) is 5.32 Å². The molecule has 1 heterocycles. The van der Waals surface area contributed by atoms with Crippen LogP contribution in [0, 0.1) is 0 Å². The zero-order valence-electron chi connectivity index (χ0n) is 14.0. The number of carbonyl (C=O) groups excluding carboxylic acids is 1. The first-order valence-electron chi connectivity index (χ1n) is 8.13. The highest BCUT2D eigenvalue weighted by atomic mass is 35.5. The molecule has 5 nitrogen and oxygen atoms in total. The topological polar surface area (TPSA) is 68.5 Å². The van der Waals surface area contributed by atoms with E-state index in [0.29, 0.717) is 28.5 Å². The maximum atomic E-state index is 12.4. The van der Waals surface area contributed by atoms with Crippen LogP contribution in [0.1, 0.15) is 44.7 Å². The summed E-state index contributed by atoms with van der Waals surface area (Å²) in [6, 6.07) is 1.77. The molecule has 1 amide bonds. The molecule has 0 saturated carbocycles. The number of halogens is 1. The summed E-state index contributed by atoms with van der Waals surface area (Å²) in [6.07, 6.45) is 3.37. The van der Waals surface area contributed by atoms with Crippen molar-refractivity contribution in [3.63, 3.8) is 0 Å². The number of hydrogen-bond acceptors (Lipinski definition) is 4. The van der Waals surface area contributed by atoms with E-state index in [1.54, 1.807) is 6.07 Å². The van der Waals surface area contributed by atoms with Crippen molar-refractivity contribution in [1.82, 2.24) is 0 Å². The summed E-state index contributed by atoms with van der Waals surface area (Å²) in [5, 5.41) is 3.88. The maximum Gasteiger partial charge on any atom is 0.339 e. The van der Waals surface area contributed by atoms with Crippen molar-refractivity contribution in [3.05, 3.63) is 32.6 Å². The van der Waals surface area contributed by atoms with Gasteiger partial charge in [0.2, 0.25) is 5.91 Å². The van der Waals surface area contributed by atoms with Gasteiger partial charge in [-0.05, 0) is 51.2 Å². The number of benzene rings is 1. The lowest BCUT2D eigenvalue weighted by molar-refractivity contribution is -0.114. The number of rotatable bonds is 3. The van der Waals surface area contributed by atoms with Crippen molar-refractivity contribution >= 4 is 34.2 Å². The highest BCUT2D eigenvalue weighted by molar-refractivity contribution is 6.34. The van der Waals surface area contributed by atoms with Crippen molar-refractivity contribution in [3.8, 4) is 5.75 Å². The third-order valence-electron chi connectivity index (χ3n) is 4.08. The number of ether oxygens (including phenoxy) is 1. The van der Waals surface area contributed by atoms with Crippen LogP contribution in [0.5, 0.6) is 5.75 Å². The maximum absolute atomic E-state index is 12.4. The van der Waals surface area contributed by atoms with E-state index < -0.39 is 0 Å². The molecule has 24 heavy (non-hydrogen) atoms. The third-order valence-corrected chi connectivity index (χ3v) is 4.36. The molecule has 128 valence electrons. The molecule has 2 aromatic rings. The molecule has 1 N–H and O–H groups in total. The second-order valence-electron chi connectivity index (χ2n) is 6.34. The fourth-order valence-electron chi connectivity index (χ4n) is 3.17. The number of anilines is 1. The molecule has 0 spiro atoms. The number of carbonyl (C=O) groups is 1. The van der Waals surface area contributed by atoms with Gasteiger partial charge >= 0.3 is 5.63 Å². The number of nitrogens with one attached hydrogen (secondary N) is 1. The lowest BCUT2D eigenvalue weighted by atomic mass is 9.90. The molecule has 0 fully saturated rings. The minimum Gasteiger partial charge on any atom is -0.487 e. The summed E-state index contributed by atoms with van der Waals surface area (Å²) in [6.45, 7) is 5.12. The zero-order chi connectivity index (χ0) is 17.4. The Morgan fingerprint density at radius 3 is 2.58 bits per heavy atom. The van der Waals surface area contributed by atoms with Gasteiger partial charge in [-0.15, -0.1) is 0 Å². The first-order chi connectivity index (χ1) is 11.4. The fraction of sp³-hybridized carbons (Fsp3) is 0.444. The van der Waals surface area contributed by atoms with Gasteiger partial charge < -0.3 is 14.5 Å². The second kappa shape index (κ2) is 6.48. The molecule has 3 rings (SSSR count). The van der Waals surface area contributed by atoms with E-state index in [4.69, 9.17) is 20.8 Å². The van der Waals surface area contributed by atoms with Gasteiger partial charge in [0.1, 0.15) is 5.69 Å². The van der Waals surface area contributed by atoms with E-state index in [1.165, 1.54) is 6.92 Å². The van der Waals surface area contributed by atoms with E-state index >= 15 is 0 Å². The number of aryl methyl sites for hydroxylation is 1. The van der Waals surface area contributed by atoms with Crippen LogP contribution in [0.2, 0.25) is 5.02 Å². The summed E-state index contributed by atoms with van der Waals surface area (Å²) >= 11 is 6.42. The second-order valence-corrected chi connectivity index (χ2v) is 6.75. The van der Waals surface area contributed by atoms with E-state index in [9.17, 15) is 9.59 Å². The Labute approximate surface area is 144 Å². The smallest absolute Gasteiger partial charge is 0.339 e. The molecule has 6 heteroatoms. The van der Waals surface area contributed by atoms with Gasteiger partial charge in [0.25, 0.3) is 0 Å². The summed E-state index contributed by atoms with van der Waals surface area (Å²) in [5.74, 6) is 0.0424. The Bertz CT molecular complexity index is 870. The van der Waals surface area contributed by atoms with Gasteiger partial charge in [-0.25, -0.2) is 4.79 Å². The quantitative estimate of drug-likeness (QED) is 0.848. The summed E-state index contributed by atoms with van der Waals surface area (Å²) in [4.78, 5) is 24.0. The monoisotopic (exact) mass is 349 g/mol. The fourth-order valence-corrected chi connectivity index (χ4v) is 3.42. The Balaban J connectivity index is 2.36. The molecule has 0 aliphatic heterocycles. The summed E-state index contributed by atoms with van der Waals surface area (Å²) < 4.78 is 11.3. The average molecular weight is 350 g/mol. The van der Waals surface area contributed by atoms with E-state index in [2.05, 4.69) is 5.32 Å². The van der Waals surface area contributed by atoms with Crippen LogP contribution >= 0.6 is 11.6 Å². The van der Waals surface area contributed by atoms with Crippen molar-refractivity contribution < 1.29 is 13.9 Å². The number of amides is 1. The van der Waals surface area contributed by atoms with Crippen LogP contribution in [0.4, 0.5) is 5.69 Å². The van der Waals surface area contributed by atoms with Crippen LogP contribution in [-0.2, 0) is 17.6 Å². The van der Waals surface area contributed by atoms with E-state index in [-0.39, 0.29) is 17.6 Å². The Kier molecular flexibility index (Phi) is 4.54.